The first-order chi connectivity index (χ1) is 10.6. The van der Waals surface area contributed by atoms with Crippen molar-refractivity contribution >= 4 is 5.69 Å². The molecule has 126 valence electrons. The molecule has 0 aliphatic rings. The van der Waals surface area contributed by atoms with Gasteiger partial charge in [0.2, 0.25) is 0 Å². The summed E-state index contributed by atoms with van der Waals surface area (Å²) in [6.07, 6.45) is -3.00. The quantitative estimate of drug-likeness (QED) is 0.649. The fraction of sp³-hybridized carbons (Fsp3) is 0.647. The molecule has 0 fully saturated rings. The van der Waals surface area contributed by atoms with Crippen molar-refractivity contribution in [1.29, 1.82) is 0 Å². The Hall–Kier alpha value is -1.14. The highest BCUT2D eigenvalue weighted by Gasteiger charge is 2.28. The fourth-order valence-corrected chi connectivity index (χ4v) is 2.39. The van der Waals surface area contributed by atoms with Crippen molar-refractivity contribution in [3.8, 4) is 0 Å². The van der Waals surface area contributed by atoms with Gasteiger partial charge in [-0.3, -0.25) is 0 Å². The van der Waals surface area contributed by atoms with E-state index in [2.05, 4.69) is 18.7 Å². The van der Waals surface area contributed by atoms with Gasteiger partial charge in [-0.25, -0.2) is 0 Å². The molecule has 0 heterocycles. The van der Waals surface area contributed by atoms with Crippen molar-refractivity contribution in [3.05, 3.63) is 29.8 Å². The molecule has 1 rings (SSSR count). The van der Waals surface area contributed by atoms with Gasteiger partial charge >= 0.3 is 0 Å². The molecular weight excluding hydrogens is 282 g/mol. The SMILES string of the molecule is CCOC(OCC)[C@@H](O)[C@@H](O)c1ccc(N(CC)CC)cc1. The monoisotopic (exact) mass is 311 g/mol. The van der Waals surface area contributed by atoms with Crippen molar-refractivity contribution in [2.24, 2.45) is 0 Å². The third kappa shape index (κ3) is 4.95. The molecule has 5 heteroatoms. The maximum atomic E-state index is 10.3. The van der Waals surface area contributed by atoms with Crippen molar-refractivity contribution < 1.29 is 19.7 Å². The Bertz CT molecular complexity index is 400. The first kappa shape index (κ1) is 18.9. The van der Waals surface area contributed by atoms with E-state index in [4.69, 9.17) is 9.47 Å². The summed E-state index contributed by atoms with van der Waals surface area (Å²) >= 11 is 0. The zero-order valence-corrected chi connectivity index (χ0v) is 14.0. The van der Waals surface area contributed by atoms with Gasteiger partial charge in [0.25, 0.3) is 0 Å². The van der Waals surface area contributed by atoms with E-state index in [1.54, 1.807) is 0 Å². The van der Waals surface area contributed by atoms with E-state index in [9.17, 15) is 10.2 Å². The van der Waals surface area contributed by atoms with Crippen LogP contribution < -0.4 is 4.90 Å². The Morgan fingerprint density at radius 3 is 1.82 bits per heavy atom. The summed E-state index contributed by atoms with van der Waals surface area (Å²) < 4.78 is 10.7. The molecule has 0 spiro atoms. The molecule has 1 aromatic rings. The van der Waals surface area contributed by atoms with Gasteiger partial charge in [0.15, 0.2) is 6.29 Å². The van der Waals surface area contributed by atoms with E-state index in [0.29, 0.717) is 18.8 Å². The number of nitrogens with zero attached hydrogens (tertiary/aromatic N) is 1. The zero-order valence-electron chi connectivity index (χ0n) is 14.0. The van der Waals surface area contributed by atoms with Gasteiger partial charge in [0, 0.05) is 32.0 Å². The minimum atomic E-state index is -1.13. The normalized spacial score (nSPS) is 14.1. The van der Waals surface area contributed by atoms with Crippen LogP contribution in [-0.2, 0) is 9.47 Å². The van der Waals surface area contributed by atoms with E-state index in [0.717, 1.165) is 18.8 Å². The second-order valence-corrected chi connectivity index (χ2v) is 4.98. The molecule has 0 bridgehead atoms. The van der Waals surface area contributed by atoms with Crippen LogP contribution in [0, 0.1) is 0 Å². The zero-order chi connectivity index (χ0) is 16.5. The lowest BCUT2D eigenvalue weighted by atomic mass is 10.0. The molecule has 2 atom stereocenters. The molecule has 0 amide bonds. The Morgan fingerprint density at radius 1 is 0.909 bits per heavy atom. The molecule has 0 aromatic heterocycles. The van der Waals surface area contributed by atoms with E-state index < -0.39 is 18.5 Å². The Labute approximate surface area is 133 Å². The van der Waals surface area contributed by atoms with Crippen LogP contribution in [0.3, 0.4) is 0 Å². The second-order valence-electron chi connectivity index (χ2n) is 4.98. The minimum absolute atomic E-state index is 0.412. The number of aliphatic hydroxyl groups is 2. The molecule has 1 aromatic carbocycles. The van der Waals surface area contributed by atoms with Crippen LogP contribution in [0.2, 0.25) is 0 Å². The highest BCUT2D eigenvalue weighted by molar-refractivity contribution is 5.47. The summed E-state index contributed by atoms with van der Waals surface area (Å²) in [7, 11) is 0. The standard InChI is InChI=1S/C17H29NO4/c1-5-18(6-2)14-11-9-13(10-12-14)15(19)16(20)17(21-7-3)22-8-4/h9-12,15-17,19-20H,5-8H2,1-4H3/t15-,16-/m0/s1. The van der Waals surface area contributed by atoms with Gasteiger partial charge < -0.3 is 24.6 Å². The molecular formula is C17H29NO4. The first-order valence-corrected chi connectivity index (χ1v) is 8.03. The first-order valence-electron chi connectivity index (χ1n) is 8.03. The molecule has 0 radical (unpaired) electrons. The third-order valence-electron chi connectivity index (χ3n) is 3.63. The third-order valence-corrected chi connectivity index (χ3v) is 3.63. The van der Waals surface area contributed by atoms with Crippen LogP contribution in [0.5, 0.6) is 0 Å². The molecule has 22 heavy (non-hydrogen) atoms. The van der Waals surface area contributed by atoms with Crippen LogP contribution in [-0.4, -0.2) is 48.9 Å². The average Bonchev–Trinajstić information content (AvgIpc) is 2.55. The summed E-state index contributed by atoms with van der Waals surface area (Å²) in [6.45, 7) is 10.5. The molecule has 0 aliphatic carbocycles. The molecule has 0 saturated heterocycles. The summed E-state index contributed by atoms with van der Waals surface area (Å²) in [5, 5.41) is 20.6. The topological polar surface area (TPSA) is 62.2 Å². The second kappa shape index (κ2) is 9.79. The smallest absolute Gasteiger partial charge is 0.186 e. The lowest BCUT2D eigenvalue weighted by molar-refractivity contribution is -0.212. The number of aliphatic hydroxyl groups excluding tert-OH is 2. The molecule has 0 unspecified atom stereocenters. The summed E-state index contributed by atoms with van der Waals surface area (Å²) in [6, 6.07) is 7.57. The van der Waals surface area contributed by atoms with Gasteiger partial charge in [-0.15, -0.1) is 0 Å². The Kier molecular flexibility index (Phi) is 8.42. The van der Waals surface area contributed by atoms with Crippen molar-refractivity contribution in [2.45, 2.75) is 46.2 Å². The van der Waals surface area contributed by atoms with Crippen LogP contribution >= 0.6 is 0 Å². The summed E-state index contributed by atoms with van der Waals surface area (Å²) in [5.41, 5.74) is 1.74. The molecule has 0 aliphatic heterocycles. The maximum Gasteiger partial charge on any atom is 0.186 e. The maximum absolute atomic E-state index is 10.3. The molecule has 0 saturated carbocycles. The van der Waals surface area contributed by atoms with Crippen molar-refractivity contribution in [2.75, 3.05) is 31.2 Å². The lowest BCUT2D eigenvalue weighted by Gasteiger charge is -2.27. The highest BCUT2D eigenvalue weighted by atomic mass is 16.7. The number of benzene rings is 1. The summed E-state index contributed by atoms with van der Waals surface area (Å²) in [4.78, 5) is 2.22. The van der Waals surface area contributed by atoms with E-state index in [1.165, 1.54) is 0 Å². The number of hydrogen-bond acceptors (Lipinski definition) is 5. The molecule has 2 N–H and O–H groups in total. The number of anilines is 1. The van der Waals surface area contributed by atoms with Gasteiger partial charge in [-0.2, -0.15) is 0 Å². The van der Waals surface area contributed by atoms with Gasteiger partial charge in [0.05, 0.1) is 0 Å². The largest absolute Gasteiger partial charge is 0.385 e. The predicted octanol–water partition coefficient (Wildman–Crippen LogP) is 2.33. The van der Waals surface area contributed by atoms with Crippen LogP contribution in [0.1, 0.15) is 39.4 Å². The number of rotatable bonds is 10. The van der Waals surface area contributed by atoms with Crippen LogP contribution in [0.15, 0.2) is 24.3 Å². The average molecular weight is 311 g/mol. The molecule has 5 nitrogen and oxygen atoms in total. The van der Waals surface area contributed by atoms with Crippen molar-refractivity contribution in [1.82, 2.24) is 0 Å². The predicted molar refractivity (Wildman–Crippen MR) is 88.0 cm³/mol. The number of hydrogen-bond donors (Lipinski definition) is 2. The minimum Gasteiger partial charge on any atom is -0.385 e. The Balaban J connectivity index is 2.81. The van der Waals surface area contributed by atoms with E-state index >= 15 is 0 Å². The van der Waals surface area contributed by atoms with Gasteiger partial charge in [0.1, 0.15) is 12.2 Å². The van der Waals surface area contributed by atoms with E-state index in [1.807, 2.05) is 38.1 Å². The van der Waals surface area contributed by atoms with Crippen LogP contribution in [0.25, 0.3) is 0 Å². The van der Waals surface area contributed by atoms with Crippen molar-refractivity contribution in [3.63, 3.8) is 0 Å². The number of ether oxygens (including phenoxy) is 2. The van der Waals surface area contributed by atoms with Gasteiger partial charge in [-0.05, 0) is 45.4 Å². The van der Waals surface area contributed by atoms with E-state index in [-0.39, 0.29) is 0 Å². The van der Waals surface area contributed by atoms with Crippen LogP contribution in [0.4, 0.5) is 5.69 Å². The van der Waals surface area contributed by atoms with Gasteiger partial charge in [-0.1, -0.05) is 12.1 Å². The highest BCUT2D eigenvalue weighted by Crippen LogP contribution is 2.24. The Morgan fingerprint density at radius 2 is 1.41 bits per heavy atom. The fourth-order valence-electron chi connectivity index (χ4n) is 2.39. The lowest BCUT2D eigenvalue weighted by Crippen LogP contribution is -2.36. The summed E-state index contributed by atoms with van der Waals surface area (Å²) in [5.74, 6) is 0.